The summed E-state index contributed by atoms with van der Waals surface area (Å²) in [4.78, 5) is 1.03. The Hall–Kier alpha value is -0.710. The Morgan fingerprint density at radius 2 is 1.89 bits per heavy atom. The number of fused-ring (bicyclic) bond motifs is 1. The zero-order valence-electron chi connectivity index (χ0n) is 17.0. The molecule has 0 N–H and O–H groups in total. The van der Waals surface area contributed by atoms with Crippen LogP contribution in [0.1, 0.15) is 59.6 Å². The molecule has 0 fully saturated rings. The Morgan fingerprint density at radius 3 is 2.68 bits per heavy atom. The second-order valence-corrected chi connectivity index (χ2v) is 10.3. The number of thioether (sulfide) groups is 1. The molecule has 0 amide bonds. The van der Waals surface area contributed by atoms with Gasteiger partial charge in [-0.1, -0.05) is 60.1 Å². The molecule has 2 aromatic rings. The third-order valence-corrected chi connectivity index (χ3v) is 8.12. The molecule has 0 atom stereocenters. The summed E-state index contributed by atoms with van der Waals surface area (Å²) in [5.74, 6) is 0. The molecular formula is C25H28ClIS. The van der Waals surface area contributed by atoms with Crippen molar-refractivity contribution in [3.63, 3.8) is 0 Å². The Morgan fingerprint density at radius 1 is 1.14 bits per heavy atom. The van der Waals surface area contributed by atoms with Gasteiger partial charge >= 0.3 is 0 Å². The van der Waals surface area contributed by atoms with Gasteiger partial charge < -0.3 is 0 Å². The average molecular weight is 523 g/mol. The van der Waals surface area contributed by atoms with Crippen LogP contribution in [-0.4, -0.2) is 0 Å². The molecule has 0 aromatic heterocycles. The summed E-state index contributed by atoms with van der Waals surface area (Å²) in [6.07, 6.45) is 7.04. The van der Waals surface area contributed by atoms with E-state index in [0.29, 0.717) is 0 Å². The van der Waals surface area contributed by atoms with E-state index in [1.807, 2.05) is 0 Å². The van der Waals surface area contributed by atoms with Crippen LogP contribution in [0.2, 0.25) is 5.02 Å². The molecule has 0 saturated carbocycles. The van der Waals surface area contributed by atoms with Gasteiger partial charge in [0.25, 0.3) is 0 Å². The summed E-state index contributed by atoms with van der Waals surface area (Å²) in [7, 11) is 0. The predicted molar refractivity (Wildman–Crippen MR) is 135 cm³/mol. The van der Waals surface area contributed by atoms with Gasteiger partial charge in [-0.25, -0.2) is 0 Å². The van der Waals surface area contributed by atoms with E-state index >= 15 is 0 Å². The monoisotopic (exact) mass is 522 g/mol. The van der Waals surface area contributed by atoms with Gasteiger partial charge in [0.1, 0.15) is 0 Å². The maximum atomic E-state index is 6.80. The fraction of sp³-hybridized carbons (Fsp3) is 0.360. The van der Waals surface area contributed by atoms with E-state index in [1.165, 1.54) is 56.2 Å². The zero-order chi connectivity index (χ0) is 20.3. The van der Waals surface area contributed by atoms with Crippen LogP contribution < -0.4 is 0 Å². The SMILES string of the molecule is C=C(S/C=C(\C)Cc1cc(C)c(I)cc1C)c1ccc2c(c1Cl)CCCCC2. The summed E-state index contributed by atoms with van der Waals surface area (Å²) in [6.45, 7) is 10.9. The molecule has 0 saturated heterocycles. The van der Waals surface area contributed by atoms with Crippen LogP contribution in [0.3, 0.4) is 0 Å². The molecule has 1 aliphatic carbocycles. The molecule has 28 heavy (non-hydrogen) atoms. The highest BCUT2D eigenvalue weighted by Crippen LogP contribution is 2.37. The van der Waals surface area contributed by atoms with Crippen LogP contribution in [0.4, 0.5) is 0 Å². The first kappa shape index (κ1) is 22.0. The summed E-state index contributed by atoms with van der Waals surface area (Å²) in [6, 6.07) is 9.02. The first-order chi connectivity index (χ1) is 13.4. The maximum Gasteiger partial charge on any atom is 0.0524 e. The van der Waals surface area contributed by atoms with Crippen LogP contribution in [0.25, 0.3) is 4.91 Å². The number of rotatable bonds is 5. The first-order valence-corrected chi connectivity index (χ1v) is 12.3. The highest BCUT2D eigenvalue weighted by molar-refractivity contribution is 14.1. The van der Waals surface area contributed by atoms with Crippen molar-refractivity contribution in [2.75, 3.05) is 0 Å². The Bertz CT molecular complexity index is 927. The standard InChI is InChI=1S/C25H28ClIS/c1-16(12-21-13-18(3)24(27)14-17(21)2)15-28-19(4)22-11-10-20-8-6-5-7-9-23(20)25(22)26/h10-11,13-15H,4-9,12H2,1-3H3/b16-15+. The van der Waals surface area contributed by atoms with Gasteiger partial charge in [-0.15, -0.1) is 0 Å². The summed E-state index contributed by atoms with van der Waals surface area (Å²) >= 11 is 10.9. The van der Waals surface area contributed by atoms with E-state index < -0.39 is 0 Å². The van der Waals surface area contributed by atoms with Crippen molar-refractivity contribution >= 4 is 50.9 Å². The van der Waals surface area contributed by atoms with Gasteiger partial charge in [0, 0.05) is 14.0 Å². The molecule has 0 radical (unpaired) electrons. The van der Waals surface area contributed by atoms with Crippen molar-refractivity contribution in [3.8, 4) is 0 Å². The average Bonchev–Trinajstić information content (AvgIpc) is 2.90. The lowest BCUT2D eigenvalue weighted by molar-refractivity contribution is 0.711. The number of hydrogen-bond acceptors (Lipinski definition) is 1. The lowest BCUT2D eigenvalue weighted by Crippen LogP contribution is -1.96. The predicted octanol–water partition coefficient (Wildman–Crippen LogP) is 8.68. The van der Waals surface area contributed by atoms with Crippen LogP contribution in [0.15, 0.2) is 41.8 Å². The van der Waals surface area contributed by atoms with Crippen molar-refractivity contribution in [1.29, 1.82) is 0 Å². The van der Waals surface area contributed by atoms with Gasteiger partial charge in [0.15, 0.2) is 0 Å². The second kappa shape index (κ2) is 9.86. The van der Waals surface area contributed by atoms with E-state index in [1.54, 1.807) is 11.8 Å². The molecule has 2 aromatic carbocycles. The number of halogens is 2. The lowest BCUT2D eigenvalue weighted by atomic mass is 10.00. The summed E-state index contributed by atoms with van der Waals surface area (Å²) < 4.78 is 1.33. The third-order valence-electron chi connectivity index (χ3n) is 5.50. The molecule has 148 valence electrons. The molecule has 0 spiro atoms. The fourth-order valence-corrected chi connectivity index (χ4v) is 5.58. The number of aryl methyl sites for hydroxylation is 3. The number of hydrogen-bond donors (Lipinski definition) is 0. The summed E-state index contributed by atoms with van der Waals surface area (Å²) in [5.41, 5.74) is 9.34. The van der Waals surface area contributed by atoms with Gasteiger partial charge in [0.05, 0.1) is 5.02 Å². The second-order valence-electron chi connectivity index (χ2n) is 7.84. The van der Waals surface area contributed by atoms with Crippen LogP contribution in [-0.2, 0) is 19.3 Å². The van der Waals surface area contributed by atoms with Gasteiger partial charge in [-0.05, 0) is 115 Å². The van der Waals surface area contributed by atoms with Gasteiger partial charge in [0.2, 0.25) is 0 Å². The van der Waals surface area contributed by atoms with E-state index in [-0.39, 0.29) is 0 Å². The van der Waals surface area contributed by atoms with Crippen LogP contribution in [0, 0.1) is 17.4 Å². The molecule has 1 aliphatic rings. The Balaban J connectivity index is 1.73. The van der Waals surface area contributed by atoms with Crippen molar-refractivity contribution in [1.82, 2.24) is 0 Å². The molecular weight excluding hydrogens is 495 g/mol. The zero-order valence-corrected chi connectivity index (χ0v) is 20.7. The van der Waals surface area contributed by atoms with E-state index in [9.17, 15) is 0 Å². The third kappa shape index (κ3) is 5.25. The Kier molecular flexibility index (Phi) is 7.74. The first-order valence-electron chi connectivity index (χ1n) is 9.94. The highest BCUT2D eigenvalue weighted by atomic mass is 127. The number of allylic oxidation sites excluding steroid dienone is 1. The molecule has 0 heterocycles. The lowest BCUT2D eigenvalue weighted by Gasteiger charge is -2.14. The normalized spacial score (nSPS) is 14.5. The topological polar surface area (TPSA) is 0 Å². The minimum absolute atomic E-state index is 0.923. The van der Waals surface area contributed by atoms with Gasteiger partial charge in [-0.2, -0.15) is 0 Å². The molecule has 3 heteroatoms. The molecule has 0 unspecified atom stereocenters. The van der Waals surface area contributed by atoms with Crippen molar-refractivity contribution in [2.24, 2.45) is 0 Å². The van der Waals surface area contributed by atoms with E-state index in [4.69, 9.17) is 11.6 Å². The smallest absolute Gasteiger partial charge is 0.0524 e. The quantitative estimate of drug-likeness (QED) is 0.279. The summed E-state index contributed by atoms with van der Waals surface area (Å²) in [5, 5.41) is 3.16. The molecule has 0 aliphatic heterocycles. The fourth-order valence-electron chi connectivity index (χ4n) is 3.78. The Labute approximate surface area is 193 Å². The minimum atomic E-state index is 0.923. The minimum Gasteiger partial charge on any atom is -0.0981 e. The van der Waals surface area contributed by atoms with E-state index in [2.05, 4.69) is 79.6 Å². The molecule has 3 rings (SSSR count). The van der Waals surface area contributed by atoms with Crippen LogP contribution in [0.5, 0.6) is 0 Å². The van der Waals surface area contributed by atoms with E-state index in [0.717, 1.165) is 34.8 Å². The molecule has 0 bridgehead atoms. The van der Waals surface area contributed by atoms with Gasteiger partial charge in [-0.3, -0.25) is 0 Å². The van der Waals surface area contributed by atoms with Crippen LogP contribution >= 0.6 is 46.0 Å². The largest absolute Gasteiger partial charge is 0.0981 e. The van der Waals surface area contributed by atoms with Crippen molar-refractivity contribution in [2.45, 2.75) is 59.3 Å². The maximum absolute atomic E-state index is 6.80. The molecule has 0 nitrogen and oxygen atoms in total. The van der Waals surface area contributed by atoms with Crippen molar-refractivity contribution < 1.29 is 0 Å². The highest BCUT2D eigenvalue weighted by Gasteiger charge is 2.15. The van der Waals surface area contributed by atoms with Crippen molar-refractivity contribution in [3.05, 3.63) is 83.8 Å². The number of benzene rings is 2.